The van der Waals surface area contributed by atoms with Crippen molar-refractivity contribution in [3.63, 3.8) is 0 Å². The second-order valence-corrected chi connectivity index (χ2v) is 5.06. The standard InChI is InChI=1S/C14H17N3O5/c18-11-8-22-14(13(20)12(11)19)17-6-9(15-16-17)7-21-10-4-2-1-3-5-10/h1-6,11-14,18-20H,7-8H2. The van der Waals surface area contributed by atoms with Gasteiger partial charge in [0.2, 0.25) is 0 Å². The van der Waals surface area contributed by atoms with E-state index < -0.39 is 24.5 Å². The minimum absolute atomic E-state index is 0.0847. The van der Waals surface area contributed by atoms with Crippen LogP contribution in [-0.4, -0.2) is 55.2 Å². The van der Waals surface area contributed by atoms with Crippen LogP contribution in [0.25, 0.3) is 0 Å². The van der Waals surface area contributed by atoms with E-state index in [1.165, 1.54) is 4.68 Å². The van der Waals surface area contributed by atoms with Gasteiger partial charge in [0.15, 0.2) is 6.23 Å². The average molecular weight is 307 g/mol. The molecule has 1 aromatic heterocycles. The smallest absolute Gasteiger partial charge is 0.180 e. The number of aliphatic hydroxyl groups is 3. The summed E-state index contributed by atoms with van der Waals surface area (Å²) in [6.07, 6.45) is -3.01. The zero-order chi connectivity index (χ0) is 15.5. The Bertz CT molecular complexity index is 606. The van der Waals surface area contributed by atoms with Crippen molar-refractivity contribution in [3.05, 3.63) is 42.2 Å². The first-order chi connectivity index (χ1) is 10.6. The van der Waals surface area contributed by atoms with Crippen molar-refractivity contribution in [3.8, 4) is 5.75 Å². The largest absolute Gasteiger partial charge is 0.487 e. The van der Waals surface area contributed by atoms with Crippen LogP contribution in [0.1, 0.15) is 11.9 Å². The topological polar surface area (TPSA) is 110 Å². The fourth-order valence-corrected chi connectivity index (χ4v) is 2.20. The third kappa shape index (κ3) is 3.09. The van der Waals surface area contributed by atoms with E-state index in [0.29, 0.717) is 11.4 Å². The summed E-state index contributed by atoms with van der Waals surface area (Å²) in [4.78, 5) is 0. The van der Waals surface area contributed by atoms with E-state index in [0.717, 1.165) is 0 Å². The van der Waals surface area contributed by atoms with Crippen molar-refractivity contribution in [1.29, 1.82) is 0 Å². The van der Waals surface area contributed by atoms with Crippen LogP contribution in [0.15, 0.2) is 36.5 Å². The lowest BCUT2D eigenvalue weighted by Gasteiger charge is -2.34. The van der Waals surface area contributed by atoms with Crippen LogP contribution in [-0.2, 0) is 11.3 Å². The Morgan fingerprint density at radius 2 is 1.95 bits per heavy atom. The molecule has 1 saturated heterocycles. The Morgan fingerprint density at radius 3 is 2.73 bits per heavy atom. The summed E-state index contributed by atoms with van der Waals surface area (Å²) < 4.78 is 12.2. The van der Waals surface area contributed by atoms with Gasteiger partial charge in [0.05, 0.1) is 12.8 Å². The zero-order valence-electron chi connectivity index (χ0n) is 11.7. The lowest BCUT2D eigenvalue weighted by molar-refractivity contribution is -0.214. The van der Waals surface area contributed by atoms with Gasteiger partial charge < -0.3 is 24.8 Å². The van der Waals surface area contributed by atoms with E-state index >= 15 is 0 Å². The van der Waals surface area contributed by atoms with Gasteiger partial charge in [0.1, 0.15) is 36.4 Å². The Hall–Kier alpha value is -2.00. The number of hydrogen-bond acceptors (Lipinski definition) is 7. The minimum atomic E-state index is -1.29. The van der Waals surface area contributed by atoms with Crippen molar-refractivity contribution < 1.29 is 24.8 Å². The normalized spacial score (nSPS) is 28.5. The Labute approximate surface area is 126 Å². The maximum atomic E-state index is 9.92. The van der Waals surface area contributed by atoms with Gasteiger partial charge in [-0.05, 0) is 12.1 Å². The summed E-state index contributed by atoms with van der Waals surface area (Å²) in [6.45, 7) is 0.136. The van der Waals surface area contributed by atoms with Gasteiger partial charge in [-0.3, -0.25) is 0 Å². The molecular formula is C14H17N3O5. The third-order valence-corrected chi connectivity index (χ3v) is 3.42. The molecule has 0 saturated carbocycles. The number of rotatable bonds is 4. The van der Waals surface area contributed by atoms with E-state index in [1.807, 2.05) is 30.3 Å². The van der Waals surface area contributed by atoms with Gasteiger partial charge in [-0.15, -0.1) is 5.10 Å². The van der Waals surface area contributed by atoms with Crippen LogP contribution in [0.2, 0.25) is 0 Å². The van der Waals surface area contributed by atoms with Crippen LogP contribution in [0.4, 0.5) is 0 Å². The molecule has 3 N–H and O–H groups in total. The Kier molecular flexibility index (Phi) is 4.34. The van der Waals surface area contributed by atoms with Crippen molar-refractivity contribution in [2.75, 3.05) is 6.61 Å². The molecule has 0 amide bonds. The predicted molar refractivity (Wildman–Crippen MR) is 73.8 cm³/mol. The number of hydrogen-bond donors (Lipinski definition) is 3. The van der Waals surface area contributed by atoms with Crippen molar-refractivity contribution in [1.82, 2.24) is 15.0 Å². The molecule has 1 aliphatic heterocycles. The fourth-order valence-electron chi connectivity index (χ4n) is 2.20. The molecule has 0 aliphatic carbocycles. The molecule has 3 rings (SSSR count). The van der Waals surface area contributed by atoms with Crippen LogP contribution in [0.3, 0.4) is 0 Å². The molecule has 0 bridgehead atoms. The molecule has 1 aliphatic rings. The second kappa shape index (κ2) is 6.41. The van der Waals surface area contributed by atoms with E-state index in [4.69, 9.17) is 9.47 Å². The highest BCUT2D eigenvalue weighted by Gasteiger charge is 2.39. The lowest BCUT2D eigenvalue weighted by atomic mass is 10.0. The number of aliphatic hydroxyl groups excluding tert-OH is 3. The highest BCUT2D eigenvalue weighted by molar-refractivity contribution is 5.21. The number of aromatic nitrogens is 3. The summed E-state index contributed by atoms with van der Waals surface area (Å²) >= 11 is 0. The molecular weight excluding hydrogens is 290 g/mol. The lowest BCUT2D eigenvalue weighted by Crippen LogP contribution is -2.50. The first-order valence-corrected chi connectivity index (χ1v) is 6.89. The van der Waals surface area contributed by atoms with E-state index in [1.54, 1.807) is 6.20 Å². The van der Waals surface area contributed by atoms with E-state index in [9.17, 15) is 15.3 Å². The Balaban J connectivity index is 1.64. The molecule has 1 aromatic carbocycles. The quantitative estimate of drug-likeness (QED) is 0.696. The summed E-state index contributed by atoms with van der Waals surface area (Å²) in [6, 6.07) is 9.28. The van der Waals surface area contributed by atoms with E-state index in [2.05, 4.69) is 10.3 Å². The molecule has 0 spiro atoms. The van der Waals surface area contributed by atoms with Crippen LogP contribution >= 0.6 is 0 Å². The molecule has 1 fully saturated rings. The minimum Gasteiger partial charge on any atom is -0.487 e. The molecule has 4 atom stereocenters. The highest BCUT2D eigenvalue weighted by Crippen LogP contribution is 2.23. The van der Waals surface area contributed by atoms with Crippen LogP contribution in [0.5, 0.6) is 5.75 Å². The van der Waals surface area contributed by atoms with Crippen molar-refractivity contribution >= 4 is 0 Å². The van der Waals surface area contributed by atoms with Crippen LogP contribution in [0, 0.1) is 0 Å². The summed E-state index contributed by atoms with van der Waals surface area (Å²) in [5.41, 5.74) is 0.556. The molecule has 22 heavy (non-hydrogen) atoms. The number of nitrogens with zero attached hydrogens (tertiary/aromatic N) is 3. The first-order valence-electron chi connectivity index (χ1n) is 6.89. The molecule has 2 heterocycles. The van der Waals surface area contributed by atoms with Gasteiger partial charge in [0.25, 0.3) is 0 Å². The SMILES string of the molecule is OC1COC(n2cc(COc3ccccc3)nn2)C(O)C1O. The van der Waals surface area contributed by atoms with Gasteiger partial charge in [-0.25, -0.2) is 4.68 Å². The van der Waals surface area contributed by atoms with Gasteiger partial charge in [0, 0.05) is 0 Å². The molecule has 0 radical (unpaired) electrons. The molecule has 8 heteroatoms. The molecule has 4 unspecified atom stereocenters. The number of para-hydroxylation sites is 1. The monoisotopic (exact) mass is 307 g/mol. The molecule has 8 nitrogen and oxygen atoms in total. The predicted octanol–water partition coefficient (Wildman–Crippen LogP) is -0.531. The average Bonchev–Trinajstić information content (AvgIpc) is 3.00. The summed E-state index contributed by atoms with van der Waals surface area (Å²) in [7, 11) is 0. The number of ether oxygens (including phenoxy) is 2. The fraction of sp³-hybridized carbons (Fsp3) is 0.429. The van der Waals surface area contributed by atoms with Gasteiger partial charge in [-0.2, -0.15) is 0 Å². The maximum Gasteiger partial charge on any atom is 0.180 e. The maximum absolute atomic E-state index is 9.92. The Morgan fingerprint density at radius 1 is 1.18 bits per heavy atom. The molecule has 2 aromatic rings. The zero-order valence-corrected chi connectivity index (χ0v) is 11.7. The van der Waals surface area contributed by atoms with E-state index in [-0.39, 0.29) is 13.2 Å². The van der Waals surface area contributed by atoms with Crippen LogP contribution < -0.4 is 4.74 Å². The van der Waals surface area contributed by atoms with Crippen molar-refractivity contribution in [2.24, 2.45) is 0 Å². The third-order valence-electron chi connectivity index (χ3n) is 3.42. The first kappa shape index (κ1) is 14.9. The molecule has 118 valence electrons. The number of benzene rings is 1. The summed E-state index contributed by atoms with van der Waals surface area (Å²) in [5.74, 6) is 0.713. The van der Waals surface area contributed by atoms with Crippen molar-refractivity contribution in [2.45, 2.75) is 31.1 Å². The second-order valence-electron chi connectivity index (χ2n) is 5.06. The van der Waals surface area contributed by atoms with Gasteiger partial charge in [-0.1, -0.05) is 23.4 Å². The highest BCUT2D eigenvalue weighted by atomic mass is 16.5. The summed E-state index contributed by atoms with van der Waals surface area (Å²) in [5, 5.41) is 36.8. The van der Waals surface area contributed by atoms with Gasteiger partial charge >= 0.3 is 0 Å².